The van der Waals surface area contributed by atoms with E-state index in [0.29, 0.717) is 28.7 Å². The average molecular weight is 439 g/mol. The number of aromatic amines is 1. The van der Waals surface area contributed by atoms with Crippen LogP contribution in [0.1, 0.15) is 6.92 Å². The molecule has 2 N–H and O–H groups in total. The van der Waals surface area contributed by atoms with Crippen molar-refractivity contribution >= 4 is 28.9 Å². The van der Waals surface area contributed by atoms with Crippen LogP contribution in [0.15, 0.2) is 64.5 Å². The highest BCUT2D eigenvalue weighted by Crippen LogP contribution is 2.22. The summed E-state index contributed by atoms with van der Waals surface area (Å²) in [5.41, 5.74) is 1.67. The highest BCUT2D eigenvalue weighted by Gasteiger charge is 2.14. The maximum Gasteiger partial charge on any atom is 0.290 e. The zero-order valence-corrected chi connectivity index (χ0v) is 17.3. The minimum Gasteiger partial charge on any atom is -0.494 e. The molecule has 0 radical (unpaired) electrons. The smallest absolute Gasteiger partial charge is 0.290 e. The van der Waals surface area contributed by atoms with Gasteiger partial charge in [-0.1, -0.05) is 11.8 Å². The number of carbonyl (C=O) groups excluding carboxylic acids is 1. The molecule has 1 amide bonds. The molecule has 0 aliphatic heterocycles. The molecule has 4 aromatic rings. The van der Waals surface area contributed by atoms with Crippen LogP contribution in [0.3, 0.4) is 0 Å². The zero-order chi connectivity index (χ0) is 21.8. The third kappa shape index (κ3) is 4.75. The van der Waals surface area contributed by atoms with Gasteiger partial charge in [0.1, 0.15) is 17.1 Å². The summed E-state index contributed by atoms with van der Waals surface area (Å²) >= 11 is 1.13. The first-order valence-electron chi connectivity index (χ1n) is 9.43. The second-order valence-electron chi connectivity index (χ2n) is 6.46. The molecular weight excluding hydrogens is 421 g/mol. The number of nitrogens with one attached hydrogen (secondary N) is 2. The van der Waals surface area contributed by atoms with Crippen LogP contribution >= 0.6 is 11.8 Å². The highest BCUT2D eigenvalue weighted by atomic mass is 32.2. The summed E-state index contributed by atoms with van der Waals surface area (Å²) in [6.07, 6.45) is 0. The summed E-state index contributed by atoms with van der Waals surface area (Å²) < 4.78 is 19.9. The summed E-state index contributed by atoms with van der Waals surface area (Å²) in [5, 5.41) is 14.0. The third-order valence-electron chi connectivity index (χ3n) is 4.30. The van der Waals surface area contributed by atoms with Gasteiger partial charge in [0.2, 0.25) is 11.1 Å². The Balaban J connectivity index is 1.49. The van der Waals surface area contributed by atoms with Crippen molar-refractivity contribution in [1.29, 1.82) is 0 Å². The number of amides is 1. The van der Waals surface area contributed by atoms with E-state index in [-0.39, 0.29) is 23.0 Å². The molecular formula is C21H18FN5O3S. The van der Waals surface area contributed by atoms with Gasteiger partial charge in [-0.05, 0) is 61.5 Å². The minimum atomic E-state index is -0.413. The van der Waals surface area contributed by atoms with Crippen molar-refractivity contribution in [3.63, 3.8) is 0 Å². The Kier molecular flexibility index (Phi) is 5.99. The molecule has 0 fully saturated rings. The second kappa shape index (κ2) is 9.00. The maximum absolute atomic E-state index is 13.2. The van der Waals surface area contributed by atoms with Crippen molar-refractivity contribution in [2.24, 2.45) is 0 Å². The van der Waals surface area contributed by atoms with Gasteiger partial charge in [-0.3, -0.25) is 9.59 Å². The number of hydrogen-bond donors (Lipinski definition) is 2. The molecule has 0 aliphatic carbocycles. The number of benzene rings is 2. The van der Waals surface area contributed by atoms with E-state index in [0.717, 1.165) is 17.5 Å². The van der Waals surface area contributed by atoms with Gasteiger partial charge in [0, 0.05) is 11.3 Å². The first-order valence-corrected chi connectivity index (χ1v) is 10.4. The standard InChI is InChI=1S/C21H18FN5O3S/c1-2-30-16-9-7-15(8-10-16)23-19(28)12-31-21-25-24-20(29)18-11-17(26-27(18)21)13-3-5-14(22)6-4-13/h3-11H,2,12H2,1H3,(H,23,28)(H,24,29). The van der Waals surface area contributed by atoms with E-state index < -0.39 is 5.56 Å². The predicted molar refractivity (Wildman–Crippen MR) is 116 cm³/mol. The van der Waals surface area contributed by atoms with E-state index in [1.54, 1.807) is 42.5 Å². The number of rotatable bonds is 7. The van der Waals surface area contributed by atoms with E-state index in [1.807, 2.05) is 6.92 Å². The molecule has 2 aromatic heterocycles. The Labute approximate surface area is 180 Å². The van der Waals surface area contributed by atoms with Crippen LogP contribution in [0.25, 0.3) is 16.8 Å². The summed E-state index contributed by atoms with van der Waals surface area (Å²) in [4.78, 5) is 24.5. The van der Waals surface area contributed by atoms with E-state index in [9.17, 15) is 14.0 Å². The van der Waals surface area contributed by atoms with Crippen molar-refractivity contribution in [1.82, 2.24) is 19.8 Å². The summed E-state index contributed by atoms with van der Waals surface area (Å²) in [5.74, 6) is 0.195. The molecule has 0 bridgehead atoms. The van der Waals surface area contributed by atoms with Crippen LogP contribution in [0.4, 0.5) is 10.1 Å². The van der Waals surface area contributed by atoms with Gasteiger partial charge in [-0.25, -0.2) is 14.0 Å². The fraction of sp³-hybridized carbons (Fsp3) is 0.143. The lowest BCUT2D eigenvalue weighted by Crippen LogP contribution is -2.17. The number of anilines is 1. The molecule has 8 nitrogen and oxygen atoms in total. The molecule has 2 heterocycles. The van der Waals surface area contributed by atoms with Gasteiger partial charge < -0.3 is 10.1 Å². The number of H-pyrrole nitrogens is 1. The quantitative estimate of drug-likeness (QED) is 0.428. The number of ether oxygens (including phenoxy) is 1. The number of aromatic nitrogens is 4. The molecule has 0 saturated carbocycles. The molecule has 0 unspecified atom stereocenters. The predicted octanol–water partition coefficient (Wildman–Crippen LogP) is 3.35. The monoisotopic (exact) mass is 439 g/mol. The minimum absolute atomic E-state index is 0.0626. The number of nitrogens with zero attached hydrogens (tertiary/aromatic N) is 3. The number of carbonyl (C=O) groups is 1. The van der Waals surface area contributed by atoms with Crippen molar-refractivity contribution < 1.29 is 13.9 Å². The number of halogens is 1. The summed E-state index contributed by atoms with van der Waals surface area (Å²) in [6, 6.07) is 14.5. The largest absolute Gasteiger partial charge is 0.494 e. The van der Waals surface area contributed by atoms with E-state index in [1.165, 1.54) is 16.6 Å². The van der Waals surface area contributed by atoms with Crippen LogP contribution in [-0.2, 0) is 4.79 Å². The van der Waals surface area contributed by atoms with E-state index >= 15 is 0 Å². The topological polar surface area (TPSA) is 101 Å². The van der Waals surface area contributed by atoms with Crippen molar-refractivity contribution in [2.75, 3.05) is 17.7 Å². The van der Waals surface area contributed by atoms with Crippen molar-refractivity contribution in [3.05, 3.63) is 70.8 Å². The first-order chi connectivity index (χ1) is 15.0. The number of fused-ring (bicyclic) bond motifs is 1. The molecule has 0 atom stereocenters. The zero-order valence-electron chi connectivity index (χ0n) is 16.5. The van der Waals surface area contributed by atoms with Crippen molar-refractivity contribution in [3.8, 4) is 17.0 Å². The normalized spacial score (nSPS) is 10.9. The Bertz CT molecular complexity index is 1270. The summed E-state index contributed by atoms with van der Waals surface area (Å²) in [6.45, 7) is 2.47. The molecule has 0 saturated heterocycles. The van der Waals surface area contributed by atoms with Gasteiger partial charge in [-0.2, -0.15) is 5.10 Å². The second-order valence-corrected chi connectivity index (χ2v) is 7.41. The molecule has 0 aliphatic rings. The summed E-state index contributed by atoms with van der Waals surface area (Å²) in [7, 11) is 0. The third-order valence-corrected chi connectivity index (χ3v) is 5.23. The van der Waals surface area contributed by atoms with Gasteiger partial charge in [-0.15, -0.1) is 5.10 Å². The number of thioether (sulfide) groups is 1. The molecule has 31 heavy (non-hydrogen) atoms. The molecule has 2 aromatic carbocycles. The van der Waals surface area contributed by atoms with Crippen LogP contribution < -0.4 is 15.6 Å². The number of hydrogen-bond acceptors (Lipinski definition) is 6. The highest BCUT2D eigenvalue weighted by molar-refractivity contribution is 7.99. The Morgan fingerprint density at radius 2 is 1.94 bits per heavy atom. The lowest BCUT2D eigenvalue weighted by atomic mass is 10.1. The van der Waals surface area contributed by atoms with Crippen LogP contribution in [0.2, 0.25) is 0 Å². The van der Waals surface area contributed by atoms with E-state index in [4.69, 9.17) is 4.74 Å². The SMILES string of the molecule is CCOc1ccc(NC(=O)CSc2n[nH]c(=O)c3cc(-c4ccc(F)cc4)nn23)cc1. The van der Waals surface area contributed by atoms with Crippen molar-refractivity contribution in [2.45, 2.75) is 12.1 Å². The Hall–Kier alpha value is -3.66. The van der Waals surface area contributed by atoms with Crippen LogP contribution in [0, 0.1) is 5.82 Å². The van der Waals surface area contributed by atoms with Gasteiger partial charge in [0.25, 0.3) is 5.56 Å². The average Bonchev–Trinajstić information content (AvgIpc) is 3.22. The lowest BCUT2D eigenvalue weighted by molar-refractivity contribution is -0.113. The molecule has 158 valence electrons. The van der Waals surface area contributed by atoms with Gasteiger partial charge >= 0.3 is 0 Å². The first kappa shape index (κ1) is 20.6. The Morgan fingerprint density at radius 3 is 2.65 bits per heavy atom. The van der Waals surface area contributed by atoms with Crippen LogP contribution in [0.5, 0.6) is 5.75 Å². The lowest BCUT2D eigenvalue weighted by Gasteiger charge is -2.07. The van der Waals surface area contributed by atoms with E-state index in [2.05, 4.69) is 20.6 Å². The van der Waals surface area contributed by atoms with Gasteiger partial charge in [0.05, 0.1) is 18.1 Å². The molecule has 10 heteroatoms. The molecule has 4 rings (SSSR count). The van der Waals surface area contributed by atoms with Gasteiger partial charge in [0.15, 0.2) is 0 Å². The Morgan fingerprint density at radius 1 is 1.19 bits per heavy atom. The van der Waals surface area contributed by atoms with Crippen LogP contribution in [-0.4, -0.2) is 38.1 Å². The molecule has 0 spiro atoms. The maximum atomic E-state index is 13.2. The fourth-order valence-corrected chi connectivity index (χ4v) is 3.58. The fourth-order valence-electron chi connectivity index (χ4n) is 2.88.